The van der Waals surface area contributed by atoms with Crippen LogP contribution in [0.25, 0.3) is 5.57 Å². The van der Waals surface area contributed by atoms with Crippen molar-refractivity contribution in [2.24, 2.45) is 0 Å². The van der Waals surface area contributed by atoms with Gasteiger partial charge in [0.05, 0.1) is 25.3 Å². The summed E-state index contributed by atoms with van der Waals surface area (Å²) in [5.74, 6) is 0.249. The van der Waals surface area contributed by atoms with E-state index in [2.05, 4.69) is 0 Å². The minimum absolute atomic E-state index is 0.0362. The summed E-state index contributed by atoms with van der Waals surface area (Å²) in [6, 6.07) is 7.05. The monoisotopic (exact) mass is 317 g/mol. The molecular weight excluding hydrogens is 294 g/mol. The van der Waals surface area contributed by atoms with Gasteiger partial charge in [0, 0.05) is 0 Å². The first-order valence-corrected chi connectivity index (χ1v) is 7.93. The van der Waals surface area contributed by atoms with Gasteiger partial charge in [-0.3, -0.25) is 4.90 Å². The first kappa shape index (κ1) is 15.9. The minimum Gasteiger partial charge on any atom is -0.508 e. The van der Waals surface area contributed by atoms with E-state index in [0.29, 0.717) is 19.6 Å². The summed E-state index contributed by atoms with van der Waals surface area (Å²) in [7, 11) is 0. The minimum atomic E-state index is -0.512. The van der Waals surface area contributed by atoms with Gasteiger partial charge in [-0.1, -0.05) is 18.2 Å². The molecule has 1 aromatic carbocycles. The van der Waals surface area contributed by atoms with Crippen LogP contribution in [0.15, 0.2) is 30.3 Å². The molecule has 2 heterocycles. The van der Waals surface area contributed by atoms with E-state index in [1.807, 2.05) is 39.0 Å². The fourth-order valence-electron chi connectivity index (χ4n) is 3.11. The Hall–Kier alpha value is -2.01. The van der Waals surface area contributed by atoms with Crippen LogP contribution in [0.3, 0.4) is 0 Å². The van der Waals surface area contributed by atoms with Crippen LogP contribution < -0.4 is 0 Å². The lowest BCUT2D eigenvalue weighted by molar-refractivity contribution is -0.0510. The van der Waals surface area contributed by atoms with Crippen LogP contribution in [0.2, 0.25) is 0 Å². The third-order valence-corrected chi connectivity index (χ3v) is 4.02. The summed E-state index contributed by atoms with van der Waals surface area (Å²) in [6.07, 6.45) is 2.45. The average Bonchev–Trinajstić information content (AvgIpc) is 2.44. The van der Waals surface area contributed by atoms with E-state index in [0.717, 1.165) is 11.1 Å². The number of hydrogen-bond donors (Lipinski definition) is 1. The zero-order valence-electron chi connectivity index (χ0n) is 13.8. The number of carbonyl (C=O) groups excluding carboxylic acids is 1. The Kier molecular flexibility index (Phi) is 4.06. The number of ether oxygens (including phenoxy) is 2. The number of phenolic OH excluding ortho intramolecular Hbond substituents is 1. The number of fused-ring (bicyclic) bond motifs is 2. The van der Waals surface area contributed by atoms with Gasteiger partial charge in [0.2, 0.25) is 0 Å². The highest BCUT2D eigenvalue weighted by Crippen LogP contribution is 2.34. The maximum atomic E-state index is 12.5. The van der Waals surface area contributed by atoms with Gasteiger partial charge in [0.25, 0.3) is 0 Å². The quantitative estimate of drug-likeness (QED) is 0.864. The number of benzene rings is 1. The molecule has 1 fully saturated rings. The number of morpholine rings is 1. The zero-order chi connectivity index (χ0) is 16.6. The van der Waals surface area contributed by atoms with Crippen LogP contribution in [-0.2, 0) is 9.47 Å². The van der Waals surface area contributed by atoms with Gasteiger partial charge < -0.3 is 14.6 Å². The summed E-state index contributed by atoms with van der Waals surface area (Å²) in [6.45, 7) is 6.59. The second-order valence-corrected chi connectivity index (χ2v) is 7.09. The molecule has 1 amide bonds. The van der Waals surface area contributed by atoms with Gasteiger partial charge in [-0.2, -0.15) is 0 Å². The fraction of sp³-hybridized carbons (Fsp3) is 0.500. The Morgan fingerprint density at radius 3 is 2.78 bits per heavy atom. The molecule has 1 saturated heterocycles. The van der Waals surface area contributed by atoms with Crippen molar-refractivity contribution < 1.29 is 19.4 Å². The Morgan fingerprint density at radius 1 is 1.35 bits per heavy atom. The highest BCUT2D eigenvalue weighted by Gasteiger charge is 2.40. The summed E-state index contributed by atoms with van der Waals surface area (Å²) in [4.78, 5) is 14.3. The standard InChI is InChI=1S/C18H23NO4/c1-18(2,3)23-17(21)19-14-7-13(8-15(19)11-22-10-14)12-5-4-6-16(20)9-12/h4-7,9,14-15,20H,8,10-11H2,1-3H3. The van der Waals surface area contributed by atoms with Crippen LogP contribution in [0.4, 0.5) is 4.79 Å². The highest BCUT2D eigenvalue weighted by molar-refractivity contribution is 5.75. The highest BCUT2D eigenvalue weighted by atomic mass is 16.6. The van der Waals surface area contributed by atoms with Crippen molar-refractivity contribution in [2.45, 2.75) is 44.9 Å². The van der Waals surface area contributed by atoms with Crippen LogP contribution in [0, 0.1) is 0 Å². The van der Waals surface area contributed by atoms with Crippen LogP contribution in [0.5, 0.6) is 5.75 Å². The van der Waals surface area contributed by atoms with Crippen LogP contribution >= 0.6 is 0 Å². The molecule has 0 radical (unpaired) electrons. The Bertz CT molecular complexity index is 632. The van der Waals surface area contributed by atoms with Gasteiger partial charge in [-0.15, -0.1) is 0 Å². The molecule has 1 aromatic rings. The number of hydrogen-bond acceptors (Lipinski definition) is 4. The molecule has 1 N–H and O–H groups in total. The Labute approximate surface area is 136 Å². The number of carbonyl (C=O) groups is 1. The van der Waals surface area contributed by atoms with Crippen LogP contribution in [-0.4, -0.2) is 47.0 Å². The summed E-state index contributed by atoms with van der Waals surface area (Å²) in [5, 5.41) is 9.68. The molecule has 23 heavy (non-hydrogen) atoms. The molecular formula is C18H23NO4. The van der Waals surface area contributed by atoms with E-state index in [-0.39, 0.29) is 23.9 Å². The van der Waals surface area contributed by atoms with Crippen molar-refractivity contribution >= 4 is 11.7 Å². The van der Waals surface area contributed by atoms with Gasteiger partial charge in [-0.25, -0.2) is 4.79 Å². The molecule has 2 unspecified atom stereocenters. The Balaban J connectivity index is 1.86. The molecule has 0 aromatic heterocycles. The van der Waals surface area contributed by atoms with Gasteiger partial charge in [-0.05, 0) is 50.5 Å². The molecule has 5 heteroatoms. The first-order valence-electron chi connectivity index (χ1n) is 7.93. The normalized spacial score (nSPS) is 24.1. The van der Waals surface area contributed by atoms with Crippen molar-refractivity contribution in [3.63, 3.8) is 0 Å². The lowest BCUT2D eigenvalue weighted by Crippen LogP contribution is -2.57. The molecule has 5 nitrogen and oxygen atoms in total. The molecule has 0 saturated carbocycles. The number of nitrogens with zero attached hydrogens (tertiary/aromatic N) is 1. The van der Waals surface area contributed by atoms with E-state index < -0.39 is 5.60 Å². The Morgan fingerprint density at radius 2 is 2.13 bits per heavy atom. The molecule has 0 spiro atoms. The smallest absolute Gasteiger partial charge is 0.411 e. The van der Waals surface area contributed by atoms with E-state index in [1.54, 1.807) is 17.0 Å². The average molecular weight is 317 g/mol. The number of aromatic hydroxyl groups is 1. The van der Waals surface area contributed by atoms with Crippen molar-refractivity contribution in [2.75, 3.05) is 13.2 Å². The second kappa shape index (κ2) is 5.89. The third-order valence-electron chi connectivity index (χ3n) is 4.02. The predicted octanol–water partition coefficient (Wildman–Crippen LogP) is 3.18. The van der Waals surface area contributed by atoms with Crippen molar-refractivity contribution in [3.05, 3.63) is 35.9 Å². The van der Waals surface area contributed by atoms with Crippen molar-refractivity contribution in [1.29, 1.82) is 0 Å². The second-order valence-electron chi connectivity index (χ2n) is 7.09. The third kappa shape index (κ3) is 3.50. The first-order chi connectivity index (χ1) is 10.8. The van der Waals surface area contributed by atoms with Crippen LogP contribution in [0.1, 0.15) is 32.8 Å². The number of amides is 1. The predicted molar refractivity (Wildman–Crippen MR) is 87.2 cm³/mol. The molecule has 2 aliphatic heterocycles. The van der Waals surface area contributed by atoms with E-state index >= 15 is 0 Å². The molecule has 2 atom stereocenters. The van der Waals surface area contributed by atoms with E-state index in [9.17, 15) is 9.90 Å². The lowest BCUT2D eigenvalue weighted by Gasteiger charge is -2.44. The summed E-state index contributed by atoms with van der Waals surface area (Å²) < 4.78 is 11.1. The SMILES string of the molecule is CC(C)(C)OC(=O)N1C2C=C(c3cccc(O)c3)CC1COC2. The van der Waals surface area contributed by atoms with Gasteiger partial charge in [0.1, 0.15) is 11.4 Å². The van der Waals surface area contributed by atoms with Gasteiger partial charge >= 0.3 is 6.09 Å². The fourth-order valence-corrected chi connectivity index (χ4v) is 3.11. The molecule has 3 rings (SSSR count). The van der Waals surface area contributed by atoms with Gasteiger partial charge in [0.15, 0.2) is 0 Å². The van der Waals surface area contributed by atoms with E-state index in [4.69, 9.17) is 9.47 Å². The maximum Gasteiger partial charge on any atom is 0.411 e. The van der Waals surface area contributed by atoms with E-state index in [1.165, 1.54) is 0 Å². The summed E-state index contributed by atoms with van der Waals surface area (Å²) in [5.41, 5.74) is 1.62. The largest absolute Gasteiger partial charge is 0.508 e. The van der Waals surface area contributed by atoms with Crippen molar-refractivity contribution in [1.82, 2.24) is 4.90 Å². The number of phenols is 1. The maximum absolute atomic E-state index is 12.5. The topological polar surface area (TPSA) is 59.0 Å². The molecule has 124 valence electrons. The molecule has 0 aliphatic carbocycles. The molecule has 2 bridgehead atoms. The van der Waals surface area contributed by atoms with Crippen molar-refractivity contribution in [3.8, 4) is 5.75 Å². The lowest BCUT2D eigenvalue weighted by atomic mass is 9.90. The zero-order valence-corrected chi connectivity index (χ0v) is 13.8. The number of rotatable bonds is 1. The summed E-state index contributed by atoms with van der Waals surface area (Å²) >= 11 is 0. The molecule has 2 aliphatic rings.